The van der Waals surface area contributed by atoms with Crippen molar-refractivity contribution >= 4 is 0 Å². The molecular formula is C7H17NO2. The van der Waals surface area contributed by atoms with E-state index in [9.17, 15) is 0 Å². The molecule has 0 aromatic rings. The Morgan fingerprint density at radius 3 is 2.20 bits per heavy atom. The third-order valence-electron chi connectivity index (χ3n) is 0.884. The number of ether oxygens (including phenoxy) is 1. The average Bonchev–Trinajstić information content (AvgIpc) is 1.79. The van der Waals surface area contributed by atoms with Gasteiger partial charge in [0.1, 0.15) is 0 Å². The lowest BCUT2D eigenvalue weighted by atomic mass is 10.5. The highest BCUT2D eigenvalue weighted by Crippen LogP contribution is 1.87. The topological polar surface area (TPSA) is 21.7 Å². The van der Waals surface area contributed by atoms with Crippen LogP contribution in [0, 0.1) is 0 Å². The molecule has 0 saturated carbocycles. The molecular weight excluding hydrogens is 130 g/mol. The van der Waals surface area contributed by atoms with Crippen molar-refractivity contribution in [2.45, 2.75) is 20.0 Å². The van der Waals surface area contributed by atoms with Gasteiger partial charge in [-0.3, -0.25) is 4.84 Å². The van der Waals surface area contributed by atoms with Gasteiger partial charge >= 0.3 is 0 Å². The number of hydroxylamine groups is 2. The van der Waals surface area contributed by atoms with Crippen molar-refractivity contribution in [3.8, 4) is 0 Å². The molecule has 0 spiro atoms. The zero-order chi connectivity index (χ0) is 7.98. The van der Waals surface area contributed by atoms with E-state index in [2.05, 4.69) is 0 Å². The van der Waals surface area contributed by atoms with Gasteiger partial charge < -0.3 is 4.74 Å². The molecule has 0 bridgehead atoms. The molecule has 62 valence electrons. The number of hydrogen-bond donors (Lipinski definition) is 0. The van der Waals surface area contributed by atoms with Crippen LogP contribution in [0.3, 0.4) is 0 Å². The summed E-state index contributed by atoms with van der Waals surface area (Å²) in [6.07, 6.45) is 0.297. The summed E-state index contributed by atoms with van der Waals surface area (Å²) in [5, 5.41) is 1.67. The summed E-state index contributed by atoms with van der Waals surface area (Å²) in [4.78, 5) is 5.10. The second-order valence-corrected chi connectivity index (χ2v) is 2.57. The maximum Gasteiger partial charge on any atom is 0.0918 e. The van der Waals surface area contributed by atoms with Gasteiger partial charge in [0.2, 0.25) is 0 Å². The van der Waals surface area contributed by atoms with Crippen LogP contribution in [0.15, 0.2) is 0 Å². The van der Waals surface area contributed by atoms with Gasteiger partial charge in [-0.2, -0.15) is 5.06 Å². The smallest absolute Gasteiger partial charge is 0.0918 e. The Labute approximate surface area is 62.9 Å². The molecule has 0 N–H and O–H groups in total. The molecule has 0 aliphatic carbocycles. The van der Waals surface area contributed by atoms with Crippen molar-refractivity contribution in [3.63, 3.8) is 0 Å². The molecule has 10 heavy (non-hydrogen) atoms. The van der Waals surface area contributed by atoms with Gasteiger partial charge in [0.05, 0.1) is 19.3 Å². The molecule has 0 saturated heterocycles. The predicted octanol–water partition coefficient (Wildman–Crippen LogP) is 0.905. The van der Waals surface area contributed by atoms with Gasteiger partial charge in [0.25, 0.3) is 0 Å². The highest BCUT2D eigenvalue weighted by Gasteiger charge is 1.93. The second kappa shape index (κ2) is 5.65. The maximum absolute atomic E-state index is 5.24. The van der Waals surface area contributed by atoms with Crippen LogP contribution in [0.2, 0.25) is 0 Å². The monoisotopic (exact) mass is 147 g/mol. The molecule has 0 rings (SSSR count). The highest BCUT2D eigenvalue weighted by molar-refractivity contribution is 4.35. The lowest BCUT2D eigenvalue weighted by Crippen LogP contribution is -2.17. The van der Waals surface area contributed by atoms with Crippen LogP contribution in [-0.4, -0.2) is 38.5 Å². The zero-order valence-corrected chi connectivity index (χ0v) is 7.26. The lowest BCUT2D eigenvalue weighted by Gasteiger charge is -2.11. The van der Waals surface area contributed by atoms with Crippen molar-refractivity contribution in [3.05, 3.63) is 0 Å². The largest absolute Gasteiger partial charge is 0.376 e. The summed E-state index contributed by atoms with van der Waals surface area (Å²) in [6, 6.07) is 0. The number of hydrogen-bond acceptors (Lipinski definition) is 3. The van der Waals surface area contributed by atoms with E-state index in [1.165, 1.54) is 0 Å². The average molecular weight is 147 g/mol. The molecule has 0 fully saturated rings. The molecule has 0 aliphatic heterocycles. The van der Waals surface area contributed by atoms with Crippen LogP contribution >= 0.6 is 0 Å². The van der Waals surface area contributed by atoms with Crippen LogP contribution in [-0.2, 0) is 9.57 Å². The minimum Gasteiger partial charge on any atom is -0.376 e. The fourth-order valence-corrected chi connectivity index (χ4v) is 0.504. The molecule has 0 radical (unpaired) electrons. The Hall–Kier alpha value is -0.120. The molecule has 0 amide bonds. The summed E-state index contributed by atoms with van der Waals surface area (Å²) in [5.41, 5.74) is 0. The SMILES string of the molecule is CC(C)OCCON(C)C. The first-order valence-electron chi connectivity index (χ1n) is 3.54. The Morgan fingerprint density at radius 1 is 1.20 bits per heavy atom. The van der Waals surface area contributed by atoms with Crippen LogP contribution in [0.25, 0.3) is 0 Å². The summed E-state index contributed by atoms with van der Waals surface area (Å²) in [5.74, 6) is 0. The van der Waals surface area contributed by atoms with E-state index in [-0.39, 0.29) is 0 Å². The van der Waals surface area contributed by atoms with Gasteiger partial charge in [-0.05, 0) is 13.8 Å². The fraction of sp³-hybridized carbons (Fsp3) is 1.00. The van der Waals surface area contributed by atoms with Crippen molar-refractivity contribution in [2.24, 2.45) is 0 Å². The zero-order valence-electron chi connectivity index (χ0n) is 7.26. The van der Waals surface area contributed by atoms with Crippen LogP contribution in [0.1, 0.15) is 13.8 Å². The van der Waals surface area contributed by atoms with Crippen LogP contribution < -0.4 is 0 Å². The van der Waals surface area contributed by atoms with Crippen LogP contribution in [0.5, 0.6) is 0 Å². The van der Waals surface area contributed by atoms with Gasteiger partial charge in [0, 0.05) is 14.1 Å². The normalized spacial score (nSPS) is 11.4. The Kier molecular flexibility index (Phi) is 5.58. The van der Waals surface area contributed by atoms with E-state index >= 15 is 0 Å². The van der Waals surface area contributed by atoms with Gasteiger partial charge in [-0.15, -0.1) is 0 Å². The molecule has 3 nitrogen and oxygen atoms in total. The number of nitrogens with zero attached hydrogens (tertiary/aromatic N) is 1. The number of rotatable bonds is 5. The van der Waals surface area contributed by atoms with E-state index in [4.69, 9.17) is 9.57 Å². The summed E-state index contributed by atoms with van der Waals surface area (Å²) < 4.78 is 5.24. The van der Waals surface area contributed by atoms with E-state index in [1.807, 2.05) is 27.9 Å². The Morgan fingerprint density at radius 2 is 1.80 bits per heavy atom. The maximum atomic E-state index is 5.24. The molecule has 0 unspecified atom stereocenters. The van der Waals surface area contributed by atoms with Crippen molar-refractivity contribution < 1.29 is 9.57 Å². The summed E-state index contributed by atoms with van der Waals surface area (Å²) >= 11 is 0. The first-order chi connectivity index (χ1) is 4.63. The minimum absolute atomic E-state index is 0.297. The molecule has 3 heteroatoms. The van der Waals surface area contributed by atoms with E-state index in [1.54, 1.807) is 5.06 Å². The van der Waals surface area contributed by atoms with Gasteiger partial charge in [-0.1, -0.05) is 0 Å². The van der Waals surface area contributed by atoms with Crippen molar-refractivity contribution in [1.82, 2.24) is 5.06 Å². The molecule has 0 aromatic heterocycles. The predicted molar refractivity (Wildman–Crippen MR) is 40.7 cm³/mol. The quantitative estimate of drug-likeness (QED) is 0.426. The molecule has 0 atom stereocenters. The summed E-state index contributed by atoms with van der Waals surface area (Å²) in [6.45, 7) is 5.31. The summed E-state index contributed by atoms with van der Waals surface area (Å²) in [7, 11) is 3.71. The van der Waals surface area contributed by atoms with E-state index in [0.29, 0.717) is 19.3 Å². The lowest BCUT2D eigenvalue weighted by molar-refractivity contribution is -0.137. The standard InChI is InChI=1S/C7H17NO2/c1-7(2)9-5-6-10-8(3)4/h7H,5-6H2,1-4H3. The minimum atomic E-state index is 0.297. The Bertz CT molecular complexity index is 64.0. The van der Waals surface area contributed by atoms with Crippen molar-refractivity contribution in [1.29, 1.82) is 0 Å². The van der Waals surface area contributed by atoms with Gasteiger partial charge in [-0.25, -0.2) is 0 Å². The Balaban J connectivity index is 2.91. The van der Waals surface area contributed by atoms with Crippen LogP contribution in [0.4, 0.5) is 0 Å². The van der Waals surface area contributed by atoms with E-state index < -0.39 is 0 Å². The molecule has 0 aliphatic rings. The third-order valence-corrected chi connectivity index (χ3v) is 0.884. The van der Waals surface area contributed by atoms with Gasteiger partial charge in [0.15, 0.2) is 0 Å². The van der Waals surface area contributed by atoms with E-state index in [0.717, 1.165) is 0 Å². The molecule has 0 heterocycles. The first kappa shape index (κ1) is 9.88. The fourth-order valence-electron chi connectivity index (χ4n) is 0.504. The van der Waals surface area contributed by atoms with Crippen molar-refractivity contribution in [2.75, 3.05) is 27.3 Å². The highest BCUT2D eigenvalue weighted by atomic mass is 16.7. The molecule has 0 aromatic carbocycles. The third kappa shape index (κ3) is 7.88. The second-order valence-electron chi connectivity index (χ2n) is 2.57. The first-order valence-corrected chi connectivity index (χ1v) is 3.54.